The van der Waals surface area contributed by atoms with Gasteiger partial charge >= 0.3 is 12.1 Å². The molecule has 0 saturated heterocycles. The van der Waals surface area contributed by atoms with Gasteiger partial charge in [-0.3, -0.25) is 4.79 Å². The normalized spacial score (nSPS) is 20.6. The van der Waals surface area contributed by atoms with Crippen molar-refractivity contribution in [3.8, 4) is 11.1 Å². The summed E-state index contributed by atoms with van der Waals surface area (Å²) in [4.78, 5) is 35.5. The summed E-state index contributed by atoms with van der Waals surface area (Å²) in [6.45, 7) is 0.135. The molecule has 7 heteroatoms. The Labute approximate surface area is 187 Å². The third-order valence-electron chi connectivity index (χ3n) is 6.75. The molecule has 2 aliphatic carbocycles. The van der Waals surface area contributed by atoms with Crippen LogP contribution in [0.4, 0.5) is 4.79 Å². The van der Waals surface area contributed by atoms with Gasteiger partial charge in [-0.2, -0.15) is 0 Å². The van der Waals surface area contributed by atoms with E-state index in [2.05, 4.69) is 17.4 Å². The van der Waals surface area contributed by atoms with Gasteiger partial charge in [0.15, 0.2) is 0 Å². The third kappa shape index (κ3) is 4.61. The molecular formula is C25H28N2O5. The number of carbonyl (C=O) groups is 3. The fourth-order valence-corrected chi connectivity index (χ4v) is 5.02. The average Bonchev–Trinajstić information content (AvgIpc) is 3.11. The van der Waals surface area contributed by atoms with E-state index in [0.717, 1.165) is 35.1 Å². The highest BCUT2D eigenvalue weighted by Gasteiger charge is 2.32. The molecule has 0 heterocycles. The third-order valence-corrected chi connectivity index (χ3v) is 6.75. The quantitative estimate of drug-likeness (QED) is 0.612. The molecule has 4 rings (SSSR count). The van der Waals surface area contributed by atoms with Gasteiger partial charge in [0.2, 0.25) is 5.91 Å². The molecule has 0 aliphatic heterocycles. The van der Waals surface area contributed by atoms with Crippen molar-refractivity contribution in [2.45, 2.75) is 44.1 Å². The van der Waals surface area contributed by atoms with Crippen LogP contribution in [-0.2, 0) is 14.3 Å². The van der Waals surface area contributed by atoms with Gasteiger partial charge in [0.25, 0.3) is 0 Å². The van der Waals surface area contributed by atoms with E-state index in [1.807, 2.05) is 36.4 Å². The minimum Gasteiger partial charge on any atom is -0.480 e. The summed E-state index contributed by atoms with van der Waals surface area (Å²) in [5, 5.41) is 12.1. The second-order valence-corrected chi connectivity index (χ2v) is 8.72. The Morgan fingerprint density at radius 2 is 1.53 bits per heavy atom. The predicted molar refractivity (Wildman–Crippen MR) is 119 cm³/mol. The van der Waals surface area contributed by atoms with Crippen molar-refractivity contribution in [1.29, 1.82) is 0 Å². The Balaban J connectivity index is 1.35. The fourth-order valence-electron chi connectivity index (χ4n) is 5.02. The number of benzene rings is 2. The molecule has 2 aromatic rings. The van der Waals surface area contributed by atoms with Crippen molar-refractivity contribution in [2.75, 3.05) is 6.61 Å². The summed E-state index contributed by atoms with van der Waals surface area (Å²) >= 11 is 0. The molecule has 2 amide bonds. The number of alkyl carbamates (subject to hydrolysis) is 1. The van der Waals surface area contributed by atoms with Gasteiger partial charge in [0.1, 0.15) is 12.6 Å². The number of nitrogens with two attached hydrogens (primary N) is 1. The number of nitrogens with one attached hydrogen (secondary N) is 1. The van der Waals surface area contributed by atoms with Gasteiger partial charge in [-0.25, -0.2) is 9.59 Å². The minimum absolute atomic E-state index is 0.0829. The molecule has 0 aromatic heterocycles. The second kappa shape index (κ2) is 9.42. The Hall–Kier alpha value is -3.35. The monoisotopic (exact) mass is 436 g/mol. The first-order valence-corrected chi connectivity index (χ1v) is 11.1. The van der Waals surface area contributed by atoms with Crippen LogP contribution in [0, 0.1) is 11.8 Å². The van der Waals surface area contributed by atoms with E-state index in [4.69, 9.17) is 10.5 Å². The van der Waals surface area contributed by atoms with Gasteiger partial charge in [-0.05, 0) is 60.3 Å². The molecule has 4 N–H and O–H groups in total. The number of rotatable bonds is 7. The lowest BCUT2D eigenvalue weighted by Gasteiger charge is -2.28. The minimum atomic E-state index is -1.09. The van der Waals surface area contributed by atoms with E-state index in [0.29, 0.717) is 19.3 Å². The Bertz CT molecular complexity index is 967. The van der Waals surface area contributed by atoms with Crippen molar-refractivity contribution in [1.82, 2.24) is 5.32 Å². The molecule has 0 radical (unpaired) electrons. The molecule has 0 unspecified atom stereocenters. The number of carbonyl (C=O) groups excluding carboxylic acids is 2. The molecule has 2 aliphatic rings. The maximum absolute atomic E-state index is 12.5. The van der Waals surface area contributed by atoms with E-state index in [1.165, 1.54) is 0 Å². The summed E-state index contributed by atoms with van der Waals surface area (Å²) in [6.07, 6.45) is 2.36. The summed E-state index contributed by atoms with van der Waals surface area (Å²) in [7, 11) is 0. The van der Waals surface area contributed by atoms with Crippen molar-refractivity contribution < 1.29 is 24.2 Å². The molecule has 32 heavy (non-hydrogen) atoms. The van der Waals surface area contributed by atoms with Gasteiger partial charge in [0.05, 0.1) is 0 Å². The van der Waals surface area contributed by atoms with Crippen LogP contribution in [0.1, 0.15) is 49.1 Å². The highest BCUT2D eigenvalue weighted by atomic mass is 16.5. The van der Waals surface area contributed by atoms with Crippen LogP contribution in [0.15, 0.2) is 48.5 Å². The average molecular weight is 437 g/mol. The van der Waals surface area contributed by atoms with E-state index < -0.39 is 18.1 Å². The number of fused-ring (bicyclic) bond motifs is 3. The van der Waals surface area contributed by atoms with Crippen LogP contribution < -0.4 is 11.1 Å². The Morgan fingerprint density at radius 1 is 0.969 bits per heavy atom. The number of aliphatic carboxylic acids is 1. The molecule has 0 bridgehead atoms. The summed E-state index contributed by atoms with van der Waals surface area (Å²) in [5.41, 5.74) is 9.83. The highest BCUT2D eigenvalue weighted by molar-refractivity contribution is 5.81. The first kappa shape index (κ1) is 21.9. The van der Waals surface area contributed by atoms with Crippen LogP contribution in [0.2, 0.25) is 0 Å². The van der Waals surface area contributed by atoms with Crippen molar-refractivity contribution in [3.63, 3.8) is 0 Å². The fraction of sp³-hybridized carbons (Fsp3) is 0.400. The van der Waals surface area contributed by atoms with E-state index in [-0.39, 0.29) is 30.3 Å². The molecule has 2 aromatic carbocycles. The van der Waals surface area contributed by atoms with Crippen LogP contribution in [0.25, 0.3) is 11.1 Å². The first-order valence-electron chi connectivity index (χ1n) is 11.1. The van der Waals surface area contributed by atoms with Crippen LogP contribution in [0.3, 0.4) is 0 Å². The first-order chi connectivity index (χ1) is 15.4. The summed E-state index contributed by atoms with van der Waals surface area (Å²) in [5.74, 6) is -1.48. The lowest BCUT2D eigenvalue weighted by atomic mass is 9.79. The van der Waals surface area contributed by atoms with Gasteiger partial charge in [-0.1, -0.05) is 48.5 Å². The maximum atomic E-state index is 12.5. The van der Waals surface area contributed by atoms with E-state index in [1.54, 1.807) is 0 Å². The molecule has 0 spiro atoms. The lowest BCUT2D eigenvalue weighted by Crippen LogP contribution is -2.43. The molecule has 1 saturated carbocycles. The van der Waals surface area contributed by atoms with Gasteiger partial charge in [-0.15, -0.1) is 0 Å². The Kier molecular flexibility index (Phi) is 6.44. The van der Waals surface area contributed by atoms with Crippen LogP contribution >= 0.6 is 0 Å². The number of hydrogen-bond acceptors (Lipinski definition) is 4. The zero-order valence-corrected chi connectivity index (χ0v) is 17.8. The largest absolute Gasteiger partial charge is 0.480 e. The summed E-state index contributed by atoms with van der Waals surface area (Å²) in [6, 6.07) is 15.0. The number of carboxylic acid groups (broad SMARTS) is 1. The number of ether oxygens (including phenoxy) is 1. The van der Waals surface area contributed by atoms with Crippen LogP contribution in [0.5, 0.6) is 0 Å². The number of hydrogen-bond donors (Lipinski definition) is 3. The molecule has 7 nitrogen and oxygen atoms in total. The smallest absolute Gasteiger partial charge is 0.407 e. The SMILES string of the molecule is NC(=O)C1CCC(C[C@H](NC(=O)OCC2c3ccccc3-c3ccccc32)C(=O)O)CC1. The van der Waals surface area contributed by atoms with Gasteiger partial charge in [0, 0.05) is 11.8 Å². The van der Waals surface area contributed by atoms with Crippen molar-refractivity contribution in [2.24, 2.45) is 17.6 Å². The number of carboxylic acids is 1. The predicted octanol–water partition coefficient (Wildman–Crippen LogP) is 3.66. The maximum Gasteiger partial charge on any atom is 0.407 e. The summed E-state index contributed by atoms with van der Waals surface area (Å²) < 4.78 is 5.48. The van der Waals surface area contributed by atoms with Crippen molar-refractivity contribution in [3.05, 3.63) is 59.7 Å². The Morgan fingerprint density at radius 3 is 2.06 bits per heavy atom. The number of primary amides is 1. The second-order valence-electron chi connectivity index (χ2n) is 8.72. The zero-order chi connectivity index (χ0) is 22.7. The molecular weight excluding hydrogens is 408 g/mol. The van der Waals surface area contributed by atoms with Gasteiger partial charge < -0.3 is 20.9 Å². The zero-order valence-electron chi connectivity index (χ0n) is 17.8. The molecule has 168 valence electrons. The standard InChI is InChI=1S/C25H28N2O5/c26-23(28)16-11-9-15(10-12-16)13-22(24(29)30)27-25(31)32-14-21-19-7-3-1-5-17(19)18-6-2-4-8-20(18)21/h1-8,15-16,21-22H,9-14H2,(H2,26,28)(H,27,31)(H,29,30)/t15?,16?,22-/m0/s1. The highest BCUT2D eigenvalue weighted by Crippen LogP contribution is 2.44. The van der Waals surface area contributed by atoms with E-state index >= 15 is 0 Å². The van der Waals surface area contributed by atoms with Crippen LogP contribution in [-0.4, -0.2) is 35.7 Å². The lowest BCUT2D eigenvalue weighted by molar-refractivity contribution is -0.140. The molecule has 1 atom stereocenters. The van der Waals surface area contributed by atoms with Crippen molar-refractivity contribution >= 4 is 18.0 Å². The number of amides is 2. The topological polar surface area (TPSA) is 119 Å². The van der Waals surface area contributed by atoms with E-state index in [9.17, 15) is 19.5 Å². The molecule has 1 fully saturated rings.